The standard InChI is InChI=1S/C9H8N4S/c1-14-9-12-7-2-5-6(11-4-10-5)3-8(7)13-9/h2-4H,1H3,(H,10,11)(H,12,13). The van der Waals surface area contributed by atoms with E-state index in [9.17, 15) is 0 Å². The molecule has 2 N–H and O–H groups in total. The Hall–Kier alpha value is -1.49. The zero-order chi connectivity index (χ0) is 9.54. The summed E-state index contributed by atoms with van der Waals surface area (Å²) in [7, 11) is 0. The minimum atomic E-state index is 0.938. The fourth-order valence-electron chi connectivity index (χ4n) is 1.51. The molecule has 0 amide bonds. The third-order valence-corrected chi connectivity index (χ3v) is 2.77. The molecule has 0 atom stereocenters. The summed E-state index contributed by atoms with van der Waals surface area (Å²) in [6.07, 6.45) is 3.70. The molecule has 2 heterocycles. The van der Waals surface area contributed by atoms with Crippen LogP contribution in [0.15, 0.2) is 23.6 Å². The largest absolute Gasteiger partial charge is 0.345 e. The molecule has 3 aromatic rings. The maximum absolute atomic E-state index is 4.41. The van der Waals surface area contributed by atoms with E-state index in [4.69, 9.17) is 0 Å². The van der Waals surface area contributed by atoms with Crippen molar-refractivity contribution in [3.63, 3.8) is 0 Å². The predicted molar refractivity (Wildman–Crippen MR) is 57.5 cm³/mol. The molecule has 0 radical (unpaired) electrons. The van der Waals surface area contributed by atoms with Crippen LogP contribution in [0.5, 0.6) is 0 Å². The number of nitrogens with zero attached hydrogens (tertiary/aromatic N) is 2. The highest BCUT2D eigenvalue weighted by Crippen LogP contribution is 2.21. The number of nitrogens with one attached hydrogen (secondary N) is 2. The molecule has 0 aliphatic rings. The molecule has 0 fully saturated rings. The van der Waals surface area contributed by atoms with E-state index in [1.165, 1.54) is 0 Å². The quantitative estimate of drug-likeness (QED) is 0.597. The average Bonchev–Trinajstić information content (AvgIpc) is 2.77. The lowest BCUT2D eigenvalue weighted by Gasteiger charge is -1.87. The van der Waals surface area contributed by atoms with Crippen molar-refractivity contribution < 1.29 is 0 Å². The lowest BCUT2D eigenvalue weighted by Crippen LogP contribution is -1.71. The Kier molecular flexibility index (Phi) is 1.55. The molecule has 1 aromatic carbocycles. The lowest BCUT2D eigenvalue weighted by molar-refractivity contribution is 1.09. The molecule has 5 heteroatoms. The first-order valence-corrected chi connectivity index (χ1v) is 5.46. The van der Waals surface area contributed by atoms with Crippen LogP contribution in [0.4, 0.5) is 0 Å². The number of aromatic nitrogens is 4. The van der Waals surface area contributed by atoms with Gasteiger partial charge in [0.1, 0.15) is 0 Å². The normalized spacial score (nSPS) is 11.5. The van der Waals surface area contributed by atoms with Gasteiger partial charge < -0.3 is 9.97 Å². The van der Waals surface area contributed by atoms with Crippen LogP contribution in [0.25, 0.3) is 22.1 Å². The first kappa shape index (κ1) is 7.87. The van der Waals surface area contributed by atoms with E-state index in [0.717, 1.165) is 27.2 Å². The number of rotatable bonds is 1. The molecule has 0 aliphatic heterocycles. The lowest BCUT2D eigenvalue weighted by atomic mass is 10.3. The van der Waals surface area contributed by atoms with E-state index < -0.39 is 0 Å². The smallest absolute Gasteiger partial charge is 0.166 e. The third kappa shape index (κ3) is 1.02. The summed E-state index contributed by atoms with van der Waals surface area (Å²) < 4.78 is 0. The first-order chi connectivity index (χ1) is 6.86. The molecule has 70 valence electrons. The van der Waals surface area contributed by atoms with Crippen molar-refractivity contribution in [2.45, 2.75) is 5.16 Å². The molecule has 3 rings (SSSR count). The van der Waals surface area contributed by atoms with E-state index in [1.807, 2.05) is 18.4 Å². The zero-order valence-corrected chi connectivity index (χ0v) is 8.35. The Morgan fingerprint density at radius 2 is 2.14 bits per heavy atom. The summed E-state index contributed by atoms with van der Waals surface area (Å²) in [6, 6.07) is 4.02. The molecule has 0 unspecified atom stereocenters. The van der Waals surface area contributed by atoms with E-state index in [2.05, 4.69) is 19.9 Å². The van der Waals surface area contributed by atoms with Crippen LogP contribution in [0.3, 0.4) is 0 Å². The number of thioether (sulfide) groups is 1. The maximum Gasteiger partial charge on any atom is 0.166 e. The predicted octanol–water partition coefficient (Wildman–Crippen LogP) is 2.16. The number of fused-ring (bicyclic) bond motifs is 2. The van der Waals surface area contributed by atoms with Crippen molar-refractivity contribution in [2.24, 2.45) is 0 Å². The molecule has 4 nitrogen and oxygen atoms in total. The SMILES string of the molecule is CSc1nc2cc3nc[nH]c3cc2[nH]1. The van der Waals surface area contributed by atoms with Crippen molar-refractivity contribution in [1.29, 1.82) is 0 Å². The van der Waals surface area contributed by atoms with Crippen LogP contribution in [0.1, 0.15) is 0 Å². The van der Waals surface area contributed by atoms with E-state index in [1.54, 1.807) is 18.1 Å². The van der Waals surface area contributed by atoms with E-state index >= 15 is 0 Å². The topological polar surface area (TPSA) is 57.4 Å². The van der Waals surface area contributed by atoms with Gasteiger partial charge in [-0.25, -0.2) is 9.97 Å². The van der Waals surface area contributed by atoms with Crippen LogP contribution in [0, 0.1) is 0 Å². The average molecular weight is 204 g/mol. The van der Waals surface area contributed by atoms with Gasteiger partial charge in [0.25, 0.3) is 0 Å². The van der Waals surface area contributed by atoms with Crippen LogP contribution in [-0.4, -0.2) is 26.2 Å². The summed E-state index contributed by atoms with van der Waals surface area (Å²) in [5, 5.41) is 0.938. The molecule has 0 spiro atoms. The highest BCUT2D eigenvalue weighted by Gasteiger charge is 2.04. The van der Waals surface area contributed by atoms with Gasteiger partial charge in [-0.2, -0.15) is 0 Å². The van der Waals surface area contributed by atoms with Crippen molar-refractivity contribution in [3.05, 3.63) is 18.5 Å². The number of hydrogen-bond donors (Lipinski definition) is 2. The molecule has 0 aliphatic carbocycles. The Morgan fingerprint density at radius 1 is 1.21 bits per heavy atom. The van der Waals surface area contributed by atoms with Crippen molar-refractivity contribution in [1.82, 2.24) is 19.9 Å². The van der Waals surface area contributed by atoms with Gasteiger partial charge in [-0.1, -0.05) is 11.8 Å². The monoisotopic (exact) mass is 204 g/mol. The number of benzene rings is 1. The zero-order valence-electron chi connectivity index (χ0n) is 7.53. The first-order valence-electron chi connectivity index (χ1n) is 4.23. The van der Waals surface area contributed by atoms with Crippen LogP contribution in [-0.2, 0) is 0 Å². The third-order valence-electron chi connectivity index (χ3n) is 2.19. The van der Waals surface area contributed by atoms with Gasteiger partial charge in [0.15, 0.2) is 5.16 Å². The van der Waals surface area contributed by atoms with Crippen molar-refractivity contribution in [2.75, 3.05) is 6.26 Å². The highest BCUT2D eigenvalue weighted by atomic mass is 32.2. The summed E-state index contributed by atoms with van der Waals surface area (Å²) in [4.78, 5) is 14.9. The minimum Gasteiger partial charge on any atom is -0.345 e. The minimum absolute atomic E-state index is 0.938. The van der Waals surface area contributed by atoms with Crippen LogP contribution in [0.2, 0.25) is 0 Å². The Bertz CT molecular complexity index is 547. The van der Waals surface area contributed by atoms with Gasteiger partial charge in [0, 0.05) is 0 Å². The van der Waals surface area contributed by atoms with Crippen molar-refractivity contribution in [3.8, 4) is 0 Å². The number of aromatic amines is 2. The van der Waals surface area contributed by atoms with Gasteiger partial charge in [-0.05, 0) is 18.4 Å². The molecule has 0 saturated heterocycles. The van der Waals surface area contributed by atoms with Crippen molar-refractivity contribution >= 4 is 33.8 Å². The fourth-order valence-corrected chi connectivity index (χ4v) is 1.91. The molecular weight excluding hydrogens is 196 g/mol. The second-order valence-corrected chi connectivity index (χ2v) is 3.83. The van der Waals surface area contributed by atoms with Crippen LogP contribution >= 0.6 is 11.8 Å². The highest BCUT2D eigenvalue weighted by molar-refractivity contribution is 7.98. The van der Waals surface area contributed by atoms with Gasteiger partial charge in [-0.15, -0.1) is 0 Å². The van der Waals surface area contributed by atoms with Gasteiger partial charge >= 0.3 is 0 Å². The molecule has 2 aromatic heterocycles. The number of H-pyrrole nitrogens is 2. The molecule has 14 heavy (non-hydrogen) atoms. The van der Waals surface area contributed by atoms with E-state index in [0.29, 0.717) is 0 Å². The van der Waals surface area contributed by atoms with Gasteiger partial charge in [0.2, 0.25) is 0 Å². The number of hydrogen-bond acceptors (Lipinski definition) is 3. The Morgan fingerprint density at radius 3 is 3.00 bits per heavy atom. The Labute approximate surface area is 84.1 Å². The fraction of sp³-hybridized carbons (Fsp3) is 0.111. The van der Waals surface area contributed by atoms with Gasteiger partial charge in [-0.3, -0.25) is 0 Å². The summed E-state index contributed by atoms with van der Waals surface area (Å²) in [5.41, 5.74) is 4.01. The van der Waals surface area contributed by atoms with E-state index in [-0.39, 0.29) is 0 Å². The van der Waals surface area contributed by atoms with Gasteiger partial charge in [0.05, 0.1) is 28.4 Å². The Balaban J connectivity index is 2.40. The second kappa shape index (κ2) is 2.75. The molecular formula is C9H8N4S. The summed E-state index contributed by atoms with van der Waals surface area (Å²) in [6.45, 7) is 0. The second-order valence-electron chi connectivity index (χ2n) is 3.04. The molecule has 0 bridgehead atoms. The summed E-state index contributed by atoms with van der Waals surface area (Å²) >= 11 is 1.61. The summed E-state index contributed by atoms with van der Waals surface area (Å²) in [5.74, 6) is 0. The maximum atomic E-state index is 4.41. The number of imidazole rings is 2. The molecule has 0 saturated carbocycles. The van der Waals surface area contributed by atoms with Crippen LogP contribution < -0.4 is 0 Å².